The van der Waals surface area contributed by atoms with Gasteiger partial charge in [0.05, 0.1) is 5.56 Å². The second-order valence-corrected chi connectivity index (χ2v) is 5.02. The van der Waals surface area contributed by atoms with Crippen LogP contribution in [0, 0.1) is 6.92 Å². The van der Waals surface area contributed by atoms with Crippen LogP contribution in [0.25, 0.3) is 0 Å². The number of hydrogen-bond donors (Lipinski definition) is 1. The van der Waals surface area contributed by atoms with Gasteiger partial charge >= 0.3 is 5.97 Å². The van der Waals surface area contributed by atoms with Crippen LogP contribution in [-0.4, -0.2) is 28.5 Å². The highest BCUT2D eigenvalue weighted by Gasteiger charge is 2.27. The molecule has 0 saturated carbocycles. The SMILES string of the molecule is Cc1cccnc1C(=O)N1CCc2ccc(C(=O)O)cc21. The van der Waals surface area contributed by atoms with Crippen molar-refractivity contribution in [2.24, 2.45) is 0 Å². The van der Waals surface area contributed by atoms with Gasteiger partial charge in [-0.05, 0) is 42.7 Å². The van der Waals surface area contributed by atoms with E-state index in [0.717, 1.165) is 17.5 Å². The Kier molecular flexibility index (Phi) is 3.17. The summed E-state index contributed by atoms with van der Waals surface area (Å²) in [6.07, 6.45) is 2.32. The molecule has 3 rings (SSSR count). The number of aromatic nitrogens is 1. The van der Waals surface area contributed by atoms with Gasteiger partial charge < -0.3 is 10.0 Å². The Labute approximate surface area is 121 Å². The van der Waals surface area contributed by atoms with Crippen molar-refractivity contribution in [3.05, 3.63) is 58.9 Å². The second-order valence-electron chi connectivity index (χ2n) is 5.02. The van der Waals surface area contributed by atoms with Crippen LogP contribution in [0.5, 0.6) is 0 Å². The number of rotatable bonds is 2. The quantitative estimate of drug-likeness (QED) is 0.917. The number of fused-ring (bicyclic) bond motifs is 1. The zero-order chi connectivity index (χ0) is 15.0. The summed E-state index contributed by atoms with van der Waals surface area (Å²) < 4.78 is 0. The van der Waals surface area contributed by atoms with E-state index in [1.807, 2.05) is 13.0 Å². The van der Waals surface area contributed by atoms with E-state index >= 15 is 0 Å². The van der Waals surface area contributed by atoms with Crippen LogP contribution in [0.15, 0.2) is 36.5 Å². The van der Waals surface area contributed by atoms with E-state index in [-0.39, 0.29) is 11.5 Å². The summed E-state index contributed by atoms with van der Waals surface area (Å²) in [6, 6.07) is 8.52. The van der Waals surface area contributed by atoms with Gasteiger partial charge in [0.15, 0.2) is 0 Å². The summed E-state index contributed by atoms with van der Waals surface area (Å²) in [7, 11) is 0. The number of carboxylic acids is 1. The third-order valence-electron chi connectivity index (χ3n) is 3.68. The molecule has 1 aromatic carbocycles. The van der Waals surface area contributed by atoms with Gasteiger partial charge in [0, 0.05) is 18.4 Å². The lowest BCUT2D eigenvalue weighted by Gasteiger charge is -2.18. The summed E-state index contributed by atoms with van der Waals surface area (Å²) in [5, 5.41) is 9.09. The Hall–Kier alpha value is -2.69. The van der Waals surface area contributed by atoms with E-state index in [4.69, 9.17) is 5.11 Å². The van der Waals surface area contributed by atoms with Crippen molar-refractivity contribution in [3.8, 4) is 0 Å². The number of hydrogen-bond acceptors (Lipinski definition) is 3. The normalized spacial score (nSPS) is 13.1. The van der Waals surface area contributed by atoms with E-state index in [1.165, 1.54) is 0 Å². The molecule has 1 aromatic heterocycles. The number of carbonyl (C=O) groups is 2. The molecular weight excluding hydrogens is 268 g/mol. The fraction of sp³-hybridized carbons (Fsp3) is 0.188. The number of nitrogens with zero attached hydrogens (tertiary/aromatic N) is 2. The molecule has 1 aliphatic heterocycles. The van der Waals surface area contributed by atoms with Crippen molar-refractivity contribution < 1.29 is 14.7 Å². The monoisotopic (exact) mass is 282 g/mol. The molecule has 2 aromatic rings. The molecule has 1 aliphatic rings. The molecule has 0 unspecified atom stereocenters. The number of anilines is 1. The highest BCUT2D eigenvalue weighted by Crippen LogP contribution is 2.30. The molecular formula is C16H14N2O3. The maximum absolute atomic E-state index is 12.6. The Balaban J connectivity index is 2.01. The molecule has 0 aliphatic carbocycles. The highest BCUT2D eigenvalue weighted by atomic mass is 16.4. The number of benzene rings is 1. The summed E-state index contributed by atoms with van der Waals surface area (Å²) in [4.78, 5) is 29.5. The van der Waals surface area contributed by atoms with Crippen LogP contribution in [0.1, 0.15) is 32.0 Å². The van der Waals surface area contributed by atoms with Gasteiger partial charge in [0.2, 0.25) is 0 Å². The number of aryl methyl sites for hydroxylation is 1. The Morgan fingerprint density at radius 1 is 1.29 bits per heavy atom. The predicted octanol–water partition coefficient (Wildman–Crippen LogP) is 2.29. The summed E-state index contributed by atoms with van der Waals surface area (Å²) >= 11 is 0. The smallest absolute Gasteiger partial charge is 0.335 e. The van der Waals surface area contributed by atoms with Crippen molar-refractivity contribution in [3.63, 3.8) is 0 Å². The molecule has 2 heterocycles. The first-order chi connectivity index (χ1) is 10.1. The van der Waals surface area contributed by atoms with Gasteiger partial charge in [-0.3, -0.25) is 9.78 Å². The van der Waals surface area contributed by atoms with Gasteiger partial charge in [-0.15, -0.1) is 0 Å². The Morgan fingerprint density at radius 3 is 2.81 bits per heavy atom. The van der Waals surface area contributed by atoms with E-state index in [2.05, 4.69) is 4.98 Å². The summed E-state index contributed by atoms with van der Waals surface area (Å²) in [6.45, 7) is 2.39. The van der Waals surface area contributed by atoms with Crippen LogP contribution in [0.2, 0.25) is 0 Å². The summed E-state index contributed by atoms with van der Waals surface area (Å²) in [5.74, 6) is -1.18. The second kappa shape index (κ2) is 5.01. The first-order valence-electron chi connectivity index (χ1n) is 6.67. The molecule has 0 atom stereocenters. The topological polar surface area (TPSA) is 70.5 Å². The molecule has 21 heavy (non-hydrogen) atoms. The zero-order valence-electron chi connectivity index (χ0n) is 11.5. The van der Waals surface area contributed by atoms with Gasteiger partial charge in [-0.2, -0.15) is 0 Å². The molecule has 1 amide bonds. The average Bonchev–Trinajstić information content (AvgIpc) is 2.90. The number of carbonyl (C=O) groups excluding carboxylic acids is 1. The predicted molar refractivity (Wildman–Crippen MR) is 77.8 cm³/mol. The van der Waals surface area contributed by atoms with Gasteiger partial charge in [-0.1, -0.05) is 12.1 Å². The van der Waals surface area contributed by atoms with Gasteiger partial charge in [-0.25, -0.2) is 4.79 Å². The molecule has 5 nitrogen and oxygen atoms in total. The van der Waals surface area contributed by atoms with Gasteiger partial charge in [0.25, 0.3) is 5.91 Å². The number of carboxylic acid groups (broad SMARTS) is 1. The molecule has 0 fully saturated rings. The minimum atomic E-state index is -0.994. The molecule has 1 N–H and O–H groups in total. The number of aromatic carboxylic acids is 1. The number of amides is 1. The first kappa shape index (κ1) is 13.3. The van der Waals surface area contributed by atoms with Crippen molar-refractivity contribution in [2.45, 2.75) is 13.3 Å². The largest absolute Gasteiger partial charge is 0.478 e. The summed E-state index contributed by atoms with van der Waals surface area (Å²) in [5.41, 5.74) is 3.06. The third-order valence-corrected chi connectivity index (χ3v) is 3.68. The molecule has 106 valence electrons. The molecule has 5 heteroatoms. The van der Waals surface area contributed by atoms with E-state index in [1.54, 1.807) is 35.4 Å². The molecule has 0 radical (unpaired) electrons. The Morgan fingerprint density at radius 2 is 2.10 bits per heavy atom. The van der Waals surface area contributed by atoms with Crippen LogP contribution >= 0.6 is 0 Å². The van der Waals surface area contributed by atoms with Crippen molar-refractivity contribution >= 4 is 17.6 Å². The molecule has 0 saturated heterocycles. The fourth-order valence-electron chi connectivity index (χ4n) is 2.56. The zero-order valence-corrected chi connectivity index (χ0v) is 11.5. The Bertz CT molecular complexity index is 740. The standard InChI is InChI=1S/C16H14N2O3/c1-10-3-2-7-17-14(10)15(19)18-8-6-11-4-5-12(16(20)21)9-13(11)18/h2-5,7,9H,6,8H2,1H3,(H,20,21). The van der Waals surface area contributed by atoms with Crippen LogP contribution < -0.4 is 4.90 Å². The lowest BCUT2D eigenvalue weighted by molar-refractivity contribution is 0.0696. The van der Waals surface area contributed by atoms with E-state index in [0.29, 0.717) is 17.9 Å². The molecule has 0 bridgehead atoms. The highest BCUT2D eigenvalue weighted by molar-refractivity contribution is 6.07. The average molecular weight is 282 g/mol. The van der Waals surface area contributed by atoms with Crippen molar-refractivity contribution in [2.75, 3.05) is 11.4 Å². The van der Waals surface area contributed by atoms with Crippen LogP contribution in [0.3, 0.4) is 0 Å². The van der Waals surface area contributed by atoms with E-state index < -0.39 is 5.97 Å². The van der Waals surface area contributed by atoms with Crippen molar-refractivity contribution in [1.29, 1.82) is 0 Å². The minimum absolute atomic E-state index is 0.186. The van der Waals surface area contributed by atoms with Crippen LogP contribution in [-0.2, 0) is 6.42 Å². The maximum Gasteiger partial charge on any atom is 0.335 e. The van der Waals surface area contributed by atoms with E-state index in [9.17, 15) is 9.59 Å². The third kappa shape index (κ3) is 2.27. The van der Waals surface area contributed by atoms with Crippen molar-refractivity contribution in [1.82, 2.24) is 4.98 Å². The van der Waals surface area contributed by atoms with Gasteiger partial charge in [0.1, 0.15) is 5.69 Å². The minimum Gasteiger partial charge on any atom is -0.478 e. The number of pyridine rings is 1. The lowest BCUT2D eigenvalue weighted by Crippen LogP contribution is -2.30. The maximum atomic E-state index is 12.6. The first-order valence-corrected chi connectivity index (χ1v) is 6.67. The lowest BCUT2D eigenvalue weighted by atomic mass is 10.1. The fourth-order valence-corrected chi connectivity index (χ4v) is 2.56. The molecule has 0 spiro atoms. The van der Waals surface area contributed by atoms with Crippen LogP contribution in [0.4, 0.5) is 5.69 Å².